The van der Waals surface area contributed by atoms with E-state index in [1.807, 2.05) is 41.8 Å². The second kappa shape index (κ2) is 6.72. The lowest BCUT2D eigenvalue weighted by Gasteiger charge is -2.22. The molecule has 0 aliphatic heterocycles. The van der Waals surface area contributed by atoms with Crippen LogP contribution in [0.15, 0.2) is 53.0 Å². The maximum atomic E-state index is 12.5. The normalized spacial score (nSPS) is 11.3. The molecule has 2 aromatic rings. The van der Waals surface area contributed by atoms with Gasteiger partial charge in [-0.15, -0.1) is 11.3 Å². The average Bonchev–Trinajstić information content (AvgIpc) is 3.02. The number of thiophene rings is 1. The van der Waals surface area contributed by atoms with Gasteiger partial charge in [-0.2, -0.15) is 0 Å². The van der Waals surface area contributed by atoms with Crippen molar-refractivity contribution in [3.63, 3.8) is 0 Å². The topological polar surface area (TPSA) is 78.9 Å². The molecule has 1 amide bonds. The summed E-state index contributed by atoms with van der Waals surface area (Å²) in [7, 11) is 0. The standard InChI is InChI=1S/C14H15N3O2S/c15-13(16-19)8-9-17(11-5-2-1-3-6-11)14(18)12-7-4-10-20-12/h1-7,10,19H,8-9H2,(H2,15,16). The molecule has 0 saturated heterocycles. The lowest BCUT2D eigenvalue weighted by atomic mass is 10.2. The van der Waals surface area contributed by atoms with E-state index < -0.39 is 0 Å². The van der Waals surface area contributed by atoms with Gasteiger partial charge in [-0.3, -0.25) is 4.79 Å². The van der Waals surface area contributed by atoms with Crippen LogP contribution in [-0.4, -0.2) is 23.5 Å². The summed E-state index contributed by atoms with van der Waals surface area (Å²) in [6, 6.07) is 13.0. The van der Waals surface area contributed by atoms with Crippen LogP contribution in [0, 0.1) is 0 Å². The molecule has 0 fully saturated rings. The molecule has 6 heteroatoms. The molecular weight excluding hydrogens is 274 g/mol. The Labute approximate surface area is 120 Å². The summed E-state index contributed by atoms with van der Waals surface area (Å²) in [5.74, 6) is 0.0156. The number of hydrogen-bond donors (Lipinski definition) is 2. The Bertz CT molecular complexity index is 582. The summed E-state index contributed by atoms with van der Waals surface area (Å²) in [4.78, 5) is 14.8. The van der Waals surface area contributed by atoms with Gasteiger partial charge in [-0.1, -0.05) is 29.4 Å². The monoisotopic (exact) mass is 289 g/mol. The van der Waals surface area contributed by atoms with Gasteiger partial charge in [-0.25, -0.2) is 0 Å². The summed E-state index contributed by atoms with van der Waals surface area (Å²) in [6.45, 7) is 0.358. The van der Waals surface area contributed by atoms with Gasteiger partial charge < -0.3 is 15.8 Å². The fourth-order valence-corrected chi connectivity index (χ4v) is 2.44. The molecule has 0 aliphatic rings. The van der Waals surface area contributed by atoms with Gasteiger partial charge in [0, 0.05) is 18.7 Å². The number of carbonyl (C=O) groups is 1. The van der Waals surface area contributed by atoms with Crippen LogP contribution in [0.2, 0.25) is 0 Å². The number of anilines is 1. The second-order valence-electron chi connectivity index (χ2n) is 4.11. The zero-order valence-electron chi connectivity index (χ0n) is 10.8. The second-order valence-corrected chi connectivity index (χ2v) is 5.06. The number of nitrogens with zero attached hydrogens (tertiary/aromatic N) is 2. The highest BCUT2D eigenvalue weighted by Crippen LogP contribution is 2.19. The van der Waals surface area contributed by atoms with E-state index in [0.29, 0.717) is 17.8 Å². The Balaban J connectivity index is 2.22. The zero-order valence-corrected chi connectivity index (χ0v) is 11.6. The molecule has 0 spiro atoms. The molecule has 0 aliphatic carbocycles. The SMILES string of the molecule is N/C(CCN(C(=O)c1cccs1)c1ccccc1)=N/O. The summed E-state index contributed by atoms with van der Waals surface area (Å²) < 4.78 is 0. The number of rotatable bonds is 5. The zero-order chi connectivity index (χ0) is 14.4. The van der Waals surface area contributed by atoms with Crippen LogP contribution in [0.1, 0.15) is 16.1 Å². The summed E-state index contributed by atoms with van der Waals surface area (Å²) in [5, 5.41) is 13.4. The Morgan fingerprint density at radius 1 is 1.25 bits per heavy atom. The predicted molar refractivity (Wildman–Crippen MR) is 80.5 cm³/mol. The number of amides is 1. The van der Waals surface area contributed by atoms with Crippen molar-refractivity contribution < 1.29 is 10.0 Å². The fraction of sp³-hybridized carbons (Fsp3) is 0.143. The third-order valence-electron chi connectivity index (χ3n) is 2.76. The number of carbonyl (C=O) groups excluding carboxylic acids is 1. The van der Waals surface area contributed by atoms with Crippen molar-refractivity contribution in [1.82, 2.24) is 0 Å². The molecule has 20 heavy (non-hydrogen) atoms. The first-order valence-electron chi connectivity index (χ1n) is 6.09. The first-order chi connectivity index (χ1) is 9.72. The van der Waals surface area contributed by atoms with Gasteiger partial charge in [0.1, 0.15) is 5.84 Å². The van der Waals surface area contributed by atoms with Gasteiger partial charge in [0.05, 0.1) is 4.88 Å². The Morgan fingerprint density at radius 3 is 2.60 bits per heavy atom. The number of oxime groups is 1. The Morgan fingerprint density at radius 2 is 2.00 bits per heavy atom. The number of hydrogen-bond acceptors (Lipinski definition) is 4. The van der Waals surface area contributed by atoms with Crippen molar-refractivity contribution in [2.24, 2.45) is 10.9 Å². The maximum Gasteiger partial charge on any atom is 0.268 e. The predicted octanol–water partition coefficient (Wildman–Crippen LogP) is 2.53. The third-order valence-corrected chi connectivity index (χ3v) is 3.62. The summed E-state index contributed by atoms with van der Waals surface area (Å²) in [6.07, 6.45) is 0.308. The van der Waals surface area contributed by atoms with Crippen LogP contribution >= 0.6 is 11.3 Å². The van der Waals surface area contributed by atoms with E-state index in [-0.39, 0.29) is 11.7 Å². The first-order valence-corrected chi connectivity index (χ1v) is 6.97. The maximum absolute atomic E-state index is 12.5. The minimum atomic E-state index is -0.0862. The minimum absolute atomic E-state index is 0.0862. The molecular formula is C14H15N3O2S. The van der Waals surface area contributed by atoms with Crippen LogP contribution in [0.3, 0.4) is 0 Å². The van der Waals surface area contributed by atoms with Crippen LogP contribution in [0.4, 0.5) is 5.69 Å². The van der Waals surface area contributed by atoms with Crippen LogP contribution in [-0.2, 0) is 0 Å². The van der Waals surface area contributed by atoms with Gasteiger partial charge >= 0.3 is 0 Å². The largest absolute Gasteiger partial charge is 0.409 e. The van der Waals surface area contributed by atoms with Crippen LogP contribution in [0.5, 0.6) is 0 Å². The summed E-state index contributed by atoms with van der Waals surface area (Å²) >= 11 is 1.39. The van der Waals surface area contributed by atoms with E-state index in [9.17, 15) is 4.79 Å². The van der Waals surface area contributed by atoms with Gasteiger partial charge in [0.25, 0.3) is 5.91 Å². The number of benzene rings is 1. The van der Waals surface area contributed by atoms with Gasteiger partial charge in [0.15, 0.2) is 0 Å². The quantitative estimate of drug-likeness (QED) is 0.384. The highest BCUT2D eigenvalue weighted by Gasteiger charge is 2.18. The van der Waals surface area contributed by atoms with Gasteiger partial charge in [-0.05, 0) is 23.6 Å². The van der Waals surface area contributed by atoms with Crippen molar-refractivity contribution in [1.29, 1.82) is 0 Å². The molecule has 0 radical (unpaired) electrons. The van der Waals surface area contributed by atoms with E-state index in [1.54, 1.807) is 11.0 Å². The third kappa shape index (κ3) is 3.36. The lowest BCUT2D eigenvalue weighted by Crippen LogP contribution is -2.33. The molecule has 0 unspecified atom stereocenters. The van der Waals surface area contributed by atoms with Crippen LogP contribution < -0.4 is 10.6 Å². The number of amidine groups is 1. The molecule has 2 rings (SSSR count). The highest BCUT2D eigenvalue weighted by molar-refractivity contribution is 7.12. The molecule has 5 nitrogen and oxygen atoms in total. The van der Waals surface area contributed by atoms with Crippen molar-refractivity contribution in [2.45, 2.75) is 6.42 Å². The number of nitrogens with two attached hydrogens (primary N) is 1. The fourth-order valence-electron chi connectivity index (χ4n) is 1.77. The Hall–Kier alpha value is -2.34. The first kappa shape index (κ1) is 14.1. The van der Waals surface area contributed by atoms with Crippen molar-refractivity contribution in [3.8, 4) is 0 Å². The van der Waals surface area contributed by atoms with Crippen LogP contribution in [0.25, 0.3) is 0 Å². The lowest BCUT2D eigenvalue weighted by molar-refractivity contribution is 0.0991. The highest BCUT2D eigenvalue weighted by atomic mass is 32.1. The smallest absolute Gasteiger partial charge is 0.268 e. The molecule has 104 valence electrons. The van der Waals surface area contributed by atoms with E-state index in [0.717, 1.165) is 5.69 Å². The molecule has 0 bridgehead atoms. The van der Waals surface area contributed by atoms with Crippen molar-refractivity contribution in [2.75, 3.05) is 11.4 Å². The average molecular weight is 289 g/mol. The molecule has 0 atom stereocenters. The van der Waals surface area contributed by atoms with Gasteiger partial charge in [0.2, 0.25) is 0 Å². The van der Waals surface area contributed by atoms with E-state index in [2.05, 4.69) is 5.16 Å². The Kier molecular flexibility index (Phi) is 4.73. The van der Waals surface area contributed by atoms with Crippen molar-refractivity contribution >= 4 is 28.8 Å². The molecule has 1 aromatic carbocycles. The molecule has 0 saturated carbocycles. The molecule has 1 aromatic heterocycles. The summed E-state index contributed by atoms with van der Waals surface area (Å²) in [5.41, 5.74) is 6.27. The molecule has 3 N–H and O–H groups in total. The minimum Gasteiger partial charge on any atom is -0.409 e. The number of para-hydroxylation sites is 1. The van der Waals surface area contributed by atoms with E-state index >= 15 is 0 Å². The molecule has 1 heterocycles. The van der Waals surface area contributed by atoms with Crippen molar-refractivity contribution in [3.05, 3.63) is 52.7 Å². The van der Waals surface area contributed by atoms with E-state index in [1.165, 1.54) is 11.3 Å². The van der Waals surface area contributed by atoms with E-state index in [4.69, 9.17) is 10.9 Å².